The van der Waals surface area contributed by atoms with Gasteiger partial charge in [0.25, 0.3) is 0 Å². The van der Waals surface area contributed by atoms with E-state index < -0.39 is 0 Å². The molecule has 0 unspecified atom stereocenters. The van der Waals surface area contributed by atoms with Crippen LogP contribution < -0.4 is 4.74 Å². The number of likely N-dealkylation sites (tertiary alicyclic amines) is 1. The standard InChI is InChI=1S/C23H28ClFN2O/c1-15-11-16(24)12-19-18(15)13-21(27-10-6-7-17(14-27)26(2)3)23(19)28-22-9-5-4-8-20(22)25/h4-5,8-9,11-12,17,21,23H,6-7,10,13-14H2,1-3H3/t17-,21+,23+/m1/s1. The summed E-state index contributed by atoms with van der Waals surface area (Å²) in [7, 11) is 4.30. The lowest BCUT2D eigenvalue weighted by molar-refractivity contribution is 0.0365. The number of nitrogens with zero attached hydrogens (tertiary/aromatic N) is 2. The van der Waals surface area contributed by atoms with Gasteiger partial charge in [-0.25, -0.2) is 4.39 Å². The molecule has 150 valence electrons. The first-order valence-electron chi connectivity index (χ1n) is 10.0. The van der Waals surface area contributed by atoms with E-state index in [-0.39, 0.29) is 18.0 Å². The van der Waals surface area contributed by atoms with Crippen molar-refractivity contribution in [2.75, 3.05) is 27.2 Å². The minimum absolute atomic E-state index is 0.189. The molecule has 1 aliphatic heterocycles. The summed E-state index contributed by atoms with van der Waals surface area (Å²) in [6.07, 6.45) is 3.08. The minimum Gasteiger partial charge on any atom is -0.481 e. The topological polar surface area (TPSA) is 15.7 Å². The Balaban J connectivity index is 1.69. The molecule has 4 rings (SSSR count). The molecule has 0 aromatic heterocycles. The van der Waals surface area contributed by atoms with Crippen LogP contribution in [0.4, 0.5) is 4.39 Å². The van der Waals surface area contributed by atoms with Crippen LogP contribution in [0.2, 0.25) is 5.02 Å². The molecule has 2 aromatic carbocycles. The maximum absolute atomic E-state index is 14.3. The molecule has 5 heteroatoms. The summed E-state index contributed by atoms with van der Waals surface area (Å²) in [5.41, 5.74) is 3.58. The lowest BCUT2D eigenvalue weighted by Gasteiger charge is -2.41. The summed E-state index contributed by atoms with van der Waals surface area (Å²) >= 11 is 6.38. The summed E-state index contributed by atoms with van der Waals surface area (Å²) in [5, 5.41) is 0.712. The van der Waals surface area contributed by atoms with Crippen molar-refractivity contribution in [3.8, 4) is 5.75 Å². The third-order valence-corrected chi connectivity index (χ3v) is 6.48. The smallest absolute Gasteiger partial charge is 0.165 e. The van der Waals surface area contributed by atoms with Crippen molar-refractivity contribution in [1.82, 2.24) is 9.80 Å². The monoisotopic (exact) mass is 402 g/mol. The van der Waals surface area contributed by atoms with E-state index in [2.05, 4.69) is 30.8 Å². The van der Waals surface area contributed by atoms with Crippen molar-refractivity contribution in [3.63, 3.8) is 0 Å². The Bertz CT molecular complexity index is 856. The molecule has 0 saturated carbocycles. The van der Waals surface area contributed by atoms with Gasteiger partial charge in [0, 0.05) is 17.6 Å². The van der Waals surface area contributed by atoms with Crippen molar-refractivity contribution in [3.05, 3.63) is 63.9 Å². The van der Waals surface area contributed by atoms with Crippen LogP contribution in [0.15, 0.2) is 36.4 Å². The number of likely N-dealkylation sites (N-methyl/N-ethyl adjacent to an activating group) is 1. The molecule has 1 heterocycles. The molecule has 1 saturated heterocycles. The number of rotatable bonds is 4. The Kier molecular flexibility index (Phi) is 5.64. The molecule has 1 aliphatic carbocycles. The Labute approximate surface area is 172 Å². The van der Waals surface area contributed by atoms with Crippen LogP contribution in [-0.4, -0.2) is 49.1 Å². The average molecular weight is 403 g/mol. The number of aryl methyl sites for hydroxylation is 1. The molecule has 2 aliphatic rings. The van der Waals surface area contributed by atoms with Gasteiger partial charge in [0.05, 0.1) is 6.04 Å². The molecule has 3 atom stereocenters. The van der Waals surface area contributed by atoms with Crippen LogP contribution in [0.1, 0.15) is 35.6 Å². The third kappa shape index (κ3) is 3.78. The highest BCUT2D eigenvalue weighted by atomic mass is 35.5. The van der Waals surface area contributed by atoms with Crippen LogP contribution in [0, 0.1) is 12.7 Å². The molecule has 28 heavy (non-hydrogen) atoms. The number of hydrogen-bond donors (Lipinski definition) is 0. The van der Waals surface area contributed by atoms with E-state index in [4.69, 9.17) is 16.3 Å². The van der Waals surface area contributed by atoms with Gasteiger partial charge in [0.15, 0.2) is 11.6 Å². The van der Waals surface area contributed by atoms with Gasteiger partial charge in [-0.2, -0.15) is 0 Å². The van der Waals surface area contributed by atoms with Gasteiger partial charge in [0.1, 0.15) is 6.10 Å². The number of hydrogen-bond acceptors (Lipinski definition) is 3. The van der Waals surface area contributed by atoms with Crippen molar-refractivity contribution < 1.29 is 9.13 Å². The van der Waals surface area contributed by atoms with Gasteiger partial charge in [-0.15, -0.1) is 0 Å². The predicted octanol–water partition coefficient (Wildman–Crippen LogP) is 4.86. The summed E-state index contributed by atoms with van der Waals surface area (Å²) in [6, 6.07) is 11.4. The Morgan fingerprint density at radius 3 is 2.75 bits per heavy atom. The lowest BCUT2D eigenvalue weighted by Crippen LogP contribution is -2.51. The zero-order valence-electron chi connectivity index (χ0n) is 16.8. The van der Waals surface area contributed by atoms with Crippen molar-refractivity contribution >= 4 is 11.6 Å². The van der Waals surface area contributed by atoms with Crippen molar-refractivity contribution in [1.29, 1.82) is 0 Å². The van der Waals surface area contributed by atoms with E-state index in [1.54, 1.807) is 12.1 Å². The van der Waals surface area contributed by atoms with Gasteiger partial charge in [-0.05, 0) is 87.8 Å². The summed E-state index contributed by atoms with van der Waals surface area (Å²) in [6.45, 7) is 4.16. The van der Waals surface area contributed by atoms with Crippen molar-refractivity contribution in [2.45, 2.75) is 44.4 Å². The zero-order chi connectivity index (χ0) is 19.8. The molecule has 0 radical (unpaired) electrons. The van der Waals surface area contributed by atoms with Gasteiger partial charge < -0.3 is 9.64 Å². The van der Waals surface area contributed by atoms with Crippen LogP contribution in [0.25, 0.3) is 0 Å². The van der Waals surface area contributed by atoms with Crippen LogP contribution in [0.3, 0.4) is 0 Å². The Morgan fingerprint density at radius 1 is 1.21 bits per heavy atom. The molecule has 0 bridgehead atoms. The SMILES string of the molecule is Cc1cc(Cl)cc2c1C[C@H](N1CCC[C@@H](N(C)C)C1)[C@H]2Oc1ccccc1F. The first-order valence-corrected chi connectivity index (χ1v) is 10.4. The second kappa shape index (κ2) is 8.02. The van der Waals surface area contributed by atoms with Gasteiger partial charge >= 0.3 is 0 Å². The number of halogens is 2. The third-order valence-electron chi connectivity index (χ3n) is 6.26. The molecule has 1 fully saturated rings. The lowest BCUT2D eigenvalue weighted by atomic mass is 10.0. The molecule has 2 aromatic rings. The highest BCUT2D eigenvalue weighted by Gasteiger charge is 2.41. The maximum atomic E-state index is 14.3. The fourth-order valence-corrected chi connectivity index (χ4v) is 4.98. The van der Waals surface area contributed by atoms with Crippen LogP contribution >= 0.6 is 11.6 Å². The number of benzene rings is 2. The number of fused-ring (bicyclic) bond motifs is 1. The molecule has 0 spiro atoms. The van der Waals surface area contributed by atoms with Gasteiger partial charge in [-0.3, -0.25) is 4.90 Å². The Hall–Kier alpha value is -1.62. The summed E-state index contributed by atoms with van der Waals surface area (Å²) < 4.78 is 20.7. The number of para-hydroxylation sites is 1. The largest absolute Gasteiger partial charge is 0.481 e. The van der Waals surface area contributed by atoms with Gasteiger partial charge in [0.2, 0.25) is 0 Å². The average Bonchev–Trinajstić information content (AvgIpc) is 3.02. The first-order chi connectivity index (χ1) is 13.4. The second-order valence-electron chi connectivity index (χ2n) is 8.29. The normalized spacial score (nSPS) is 25.1. The van der Waals surface area contributed by atoms with E-state index in [1.807, 2.05) is 18.2 Å². The van der Waals surface area contributed by atoms with Crippen LogP contribution in [-0.2, 0) is 6.42 Å². The van der Waals surface area contributed by atoms with Gasteiger partial charge in [-0.1, -0.05) is 23.7 Å². The molecule has 0 amide bonds. The molecule has 3 nitrogen and oxygen atoms in total. The molecular formula is C23H28ClFN2O. The van der Waals surface area contributed by atoms with E-state index in [1.165, 1.54) is 30.0 Å². The zero-order valence-corrected chi connectivity index (χ0v) is 17.5. The fourth-order valence-electron chi connectivity index (χ4n) is 4.70. The minimum atomic E-state index is -0.321. The summed E-state index contributed by atoms with van der Waals surface area (Å²) in [5.74, 6) is -0.0117. The first kappa shape index (κ1) is 19.7. The number of ether oxygens (including phenoxy) is 1. The highest BCUT2D eigenvalue weighted by molar-refractivity contribution is 6.30. The van der Waals surface area contributed by atoms with E-state index in [9.17, 15) is 4.39 Å². The van der Waals surface area contributed by atoms with Crippen LogP contribution in [0.5, 0.6) is 5.75 Å². The maximum Gasteiger partial charge on any atom is 0.165 e. The second-order valence-corrected chi connectivity index (χ2v) is 8.72. The Morgan fingerprint density at radius 2 is 2.00 bits per heavy atom. The highest BCUT2D eigenvalue weighted by Crippen LogP contribution is 2.42. The number of piperidine rings is 1. The predicted molar refractivity (Wildman–Crippen MR) is 112 cm³/mol. The molecular weight excluding hydrogens is 375 g/mol. The van der Waals surface area contributed by atoms with Crippen molar-refractivity contribution in [2.24, 2.45) is 0 Å². The van der Waals surface area contributed by atoms with E-state index in [0.29, 0.717) is 16.8 Å². The fraction of sp³-hybridized carbons (Fsp3) is 0.478. The summed E-state index contributed by atoms with van der Waals surface area (Å²) in [4.78, 5) is 4.84. The molecule has 0 N–H and O–H groups in total. The quantitative estimate of drug-likeness (QED) is 0.726. The van der Waals surface area contributed by atoms with E-state index in [0.717, 1.165) is 25.1 Å². The van der Waals surface area contributed by atoms with E-state index >= 15 is 0 Å².